The molecule has 0 atom stereocenters. The lowest BCUT2D eigenvalue weighted by Crippen LogP contribution is -2.38. The van der Waals surface area contributed by atoms with Gasteiger partial charge in [0.25, 0.3) is 0 Å². The summed E-state index contributed by atoms with van der Waals surface area (Å²) in [4.78, 5) is 25.7. The molecule has 2 aromatic rings. The molecule has 21 heavy (non-hydrogen) atoms. The Morgan fingerprint density at radius 3 is 2.52 bits per heavy atom. The molecule has 0 aliphatic carbocycles. The molecule has 0 unspecified atom stereocenters. The summed E-state index contributed by atoms with van der Waals surface area (Å²) in [5.74, 6) is -1.16. The van der Waals surface area contributed by atoms with Crippen LogP contribution in [0.15, 0.2) is 23.0 Å². The zero-order valence-electron chi connectivity index (χ0n) is 11.9. The first kappa shape index (κ1) is 15.3. The highest BCUT2D eigenvalue weighted by atomic mass is 32.2. The van der Waals surface area contributed by atoms with Gasteiger partial charge in [0.2, 0.25) is 0 Å². The molecule has 0 amide bonds. The van der Waals surface area contributed by atoms with Gasteiger partial charge in [-0.1, -0.05) is 6.07 Å². The van der Waals surface area contributed by atoms with Crippen molar-refractivity contribution in [3.05, 3.63) is 34.2 Å². The van der Waals surface area contributed by atoms with E-state index >= 15 is 0 Å². The fourth-order valence-corrected chi connectivity index (χ4v) is 2.38. The van der Waals surface area contributed by atoms with Crippen LogP contribution in [-0.4, -0.2) is 40.0 Å². The van der Waals surface area contributed by atoms with Gasteiger partial charge in [0.05, 0.1) is 21.3 Å². The van der Waals surface area contributed by atoms with E-state index in [9.17, 15) is 18.0 Å². The van der Waals surface area contributed by atoms with Gasteiger partial charge >= 0.3 is 11.7 Å². The van der Waals surface area contributed by atoms with Crippen LogP contribution in [0.4, 0.5) is 0 Å². The topological polar surface area (TPSA) is 109 Å². The maximum absolute atomic E-state index is 12.0. The zero-order valence-corrected chi connectivity index (χ0v) is 12.7. The molecular formula is C13H16N2O5S. The first-order valence-corrected chi connectivity index (χ1v) is 8.08. The van der Waals surface area contributed by atoms with Gasteiger partial charge in [-0.05, 0) is 26.0 Å². The summed E-state index contributed by atoms with van der Waals surface area (Å²) in [5.41, 5.74) is 0.00635. The SMILES string of the molecule is CC(C)(Cn1c(=O)[nH]c2c(C(=O)O)cccc21)S(C)(=O)=O. The van der Waals surface area contributed by atoms with Crippen molar-refractivity contribution in [2.45, 2.75) is 25.1 Å². The molecule has 1 heterocycles. The van der Waals surface area contributed by atoms with Gasteiger partial charge < -0.3 is 10.1 Å². The van der Waals surface area contributed by atoms with Crippen molar-refractivity contribution in [1.29, 1.82) is 0 Å². The van der Waals surface area contributed by atoms with E-state index in [4.69, 9.17) is 5.11 Å². The highest BCUT2D eigenvalue weighted by Gasteiger charge is 2.32. The number of para-hydroxylation sites is 1. The number of aromatic carboxylic acids is 1. The fourth-order valence-electron chi connectivity index (χ4n) is 2.01. The van der Waals surface area contributed by atoms with Gasteiger partial charge in [0.1, 0.15) is 0 Å². The summed E-state index contributed by atoms with van der Waals surface area (Å²) < 4.78 is 23.7. The monoisotopic (exact) mass is 312 g/mol. The molecule has 0 aliphatic heterocycles. The lowest BCUT2D eigenvalue weighted by atomic mass is 10.1. The molecule has 0 saturated heterocycles. The Morgan fingerprint density at radius 2 is 2.00 bits per heavy atom. The second kappa shape index (κ2) is 4.73. The molecule has 0 aliphatic rings. The standard InChI is InChI=1S/C13H16N2O5S/c1-13(2,21(3,19)20)7-15-9-6-4-5-8(11(16)17)10(9)14-12(15)18/h4-6H,7H2,1-3H3,(H,14,18)(H,16,17). The van der Waals surface area contributed by atoms with E-state index in [1.165, 1.54) is 30.5 Å². The van der Waals surface area contributed by atoms with Crippen molar-refractivity contribution in [3.8, 4) is 0 Å². The molecule has 114 valence electrons. The number of hydrogen-bond donors (Lipinski definition) is 2. The van der Waals surface area contributed by atoms with Crippen molar-refractivity contribution in [3.63, 3.8) is 0 Å². The van der Waals surface area contributed by atoms with E-state index in [1.807, 2.05) is 0 Å². The van der Waals surface area contributed by atoms with Gasteiger partial charge in [0.15, 0.2) is 9.84 Å². The number of aromatic nitrogens is 2. The highest BCUT2D eigenvalue weighted by Crippen LogP contribution is 2.21. The third-order valence-electron chi connectivity index (χ3n) is 3.58. The molecule has 2 rings (SSSR count). The van der Waals surface area contributed by atoms with Crippen molar-refractivity contribution in [2.24, 2.45) is 0 Å². The minimum absolute atomic E-state index is 0.0273. The smallest absolute Gasteiger partial charge is 0.337 e. The summed E-state index contributed by atoms with van der Waals surface area (Å²) >= 11 is 0. The van der Waals surface area contributed by atoms with Crippen LogP contribution in [0.3, 0.4) is 0 Å². The molecule has 0 spiro atoms. The number of imidazole rings is 1. The van der Waals surface area contributed by atoms with Crippen LogP contribution in [0.5, 0.6) is 0 Å². The third-order valence-corrected chi connectivity index (χ3v) is 5.72. The summed E-state index contributed by atoms with van der Waals surface area (Å²) in [6, 6.07) is 4.48. The average molecular weight is 312 g/mol. The summed E-state index contributed by atoms with van der Waals surface area (Å²) in [7, 11) is -3.38. The lowest BCUT2D eigenvalue weighted by Gasteiger charge is -2.22. The normalized spacial score (nSPS) is 12.7. The van der Waals surface area contributed by atoms with E-state index in [-0.39, 0.29) is 17.6 Å². The number of carboxylic acids is 1. The predicted octanol–water partition coefficient (Wildman–Crippen LogP) is 0.851. The summed E-state index contributed by atoms with van der Waals surface area (Å²) in [6.07, 6.45) is 1.11. The van der Waals surface area contributed by atoms with Gasteiger partial charge in [-0.2, -0.15) is 0 Å². The maximum Gasteiger partial charge on any atom is 0.337 e. The van der Waals surface area contributed by atoms with Crippen LogP contribution < -0.4 is 5.69 Å². The number of benzene rings is 1. The first-order chi connectivity index (χ1) is 9.54. The lowest BCUT2D eigenvalue weighted by molar-refractivity contribution is 0.0699. The molecule has 8 heteroatoms. The van der Waals surface area contributed by atoms with Crippen molar-refractivity contribution >= 4 is 26.8 Å². The van der Waals surface area contributed by atoms with E-state index in [0.717, 1.165) is 6.26 Å². The molecule has 0 fully saturated rings. The predicted molar refractivity (Wildman–Crippen MR) is 78.4 cm³/mol. The molecule has 7 nitrogen and oxygen atoms in total. The highest BCUT2D eigenvalue weighted by molar-refractivity contribution is 7.92. The average Bonchev–Trinajstić information content (AvgIpc) is 2.64. The summed E-state index contributed by atoms with van der Waals surface area (Å²) in [6.45, 7) is 2.98. The van der Waals surface area contributed by atoms with Crippen LogP contribution in [0, 0.1) is 0 Å². The number of carboxylic acid groups (broad SMARTS) is 1. The van der Waals surface area contributed by atoms with Crippen LogP contribution in [0.1, 0.15) is 24.2 Å². The Kier molecular flexibility index (Phi) is 3.45. The van der Waals surface area contributed by atoms with Crippen molar-refractivity contribution in [1.82, 2.24) is 9.55 Å². The molecule has 0 saturated carbocycles. The number of nitrogens with one attached hydrogen (secondary N) is 1. The Balaban J connectivity index is 2.67. The fraction of sp³-hybridized carbons (Fsp3) is 0.385. The molecule has 0 bridgehead atoms. The number of fused-ring (bicyclic) bond motifs is 1. The number of sulfone groups is 1. The van der Waals surface area contributed by atoms with Crippen LogP contribution in [0.25, 0.3) is 11.0 Å². The van der Waals surface area contributed by atoms with Gasteiger partial charge in [-0.15, -0.1) is 0 Å². The maximum atomic E-state index is 12.0. The van der Waals surface area contributed by atoms with Gasteiger partial charge in [-0.3, -0.25) is 4.57 Å². The largest absolute Gasteiger partial charge is 0.478 e. The Morgan fingerprint density at radius 1 is 1.38 bits per heavy atom. The number of carbonyl (C=O) groups is 1. The number of rotatable bonds is 4. The Bertz CT molecular complexity index is 874. The minimum atomic E-state index is -3.38. The van der Waals surface area contributed by atoms with E-state index < -0.39 is 26.2 Å². The summed E-state index contributed by atoms with van der Waals surface area (Å²) in [5, 5.41) is 9.12. The van der Waals surface area contributed by atoms with E-state index in [2.05, 4.69) is 4.98 Å². The van der Waals surface area contributed by atoms with Crippen molar-refractivity contribution in [2.75, 3.05) is 6.26 Å². The molecule has 0 radical (unpaired) electrons. The van der Waals surface area contributed by atoms with Crippen LogP contribution in [-0.2, 0) is 16.4 Å². The van der Waals surface area contributed by atoms with E-state index in [0.29, 0.717) is 5.52 Å². The molecule has 2 N–H and O–H groups in total. The van der Waals surface area contributed by atoms with E-state index in [1.54, 1.807) is 6.07 Å². The molecular weight excluding hydrogens is 296 g/mol. The first-order valence-electron chi connectivity index (χ1n) is 6.19. The zero-order chi connectivity index (χ0) is 16.0. The number of aromatic amines is 1. The molecule has 1 aromatic carbocycles. The number of H-pyrrole nitrogens is 1. The van der Waals surface area contributed by atoms with Gasteiger partial charge in [-0.25, -0.2) is 18.0 Å². The molecule has 1 aromatic heterocycles. The minimum Gasteiger partial charge on any atom is -0.478 e. The van der Waals surface area contributed by atoms with Crippen molar-refractivity contribution < 1.29 is 18.3 Å². The quantitative estimate of drug-likeness (QED) is 0.870. The van der Waals surface area contributed by atoms with Gasteiger partial charge in [0, 0.05) is 12.8 Å². The Labute approximate surface area is 121 Å². The second-order valence-electron chi connectivity index (χ2n) is 5.55. The Hall–Kier alpha value is -2.09. The number of hydrogen-bond acceptors (Lipinski definition) is 4. The third kappa shape index (κ3) is 2.58. The van der Waals surface area contributed by atoms with Crippen LogP contribution in [0.2, 0.25) is 0 Å². The van der Waals surface area contributed by atoms with Crippen LogP contribution >= 0.6 is 0 Å². The second-order valence-corrected chi connectivity index (χ2v) is 8.20. The number of nitrogens with zero attached hydrogens (tertiary/aromatic N) is 1.